The number of carbonyl (C=O) groups is 1. The van der Waals surface area contributed by atoms with Crippen molar-refractivity contribution in [1.29, 1.82) is 0 Å². The fraction of sp³-hybridized carbons (Fsp3) is 0.444. The highest BCUT2D eigenvalue weighted by Gasteiger charge is 2.49. The molecular formula is C18H19F2N3OS. The lowest BCUT2D eigenvalue weighted by Gasteiger charge is -2.26. The Hall–Kier alpha value is -1.86. The summed E-state index contributed by atoms with van der Waals surface area (Å²) in [6.07, 6.45) is 5.17. The molecule has 4 atom stereocenters. The van der Waals surface area contributed by atoms with E-state index in [0.717, 1.165) is 30.2 Å². The number of carbonyl (C=O) groups excluding carboxylic acids is 1. The van der Waals surface area contributed by atoms with Crippen molar-refractivity contribution in [2.45, 2.75) is 31.7 Å². The quantitative estimate of drug-likeness (QED) is 0.876. The molecule has 3 N–H and O–H groups in total. The molecular weight excluding hydrogens is 344 g/mol. The second-order valence-corrected chi connectivity index (χ2v) is 8.09. The van der Waals surface area contributed by atoms with Crippen molar-refractivity contribution < 1.29 is 13.6 Å². The molecule has 25 heavy (non-hydrogen) atoms. The minimum absolute atomic E-state index is 0.0615. The molecule has 2 saturated carbocycles. The van der Waals surface area contributed by atoms with Crippen LogP contribution in [0.4, 0.5) is 13.9 Å². The minimum atomic E-state index is -0.597. The number of hydrogen-bond acceptors (Lipinski definition) is 4. The first-order valence-electron chi connectivity index (χ1n) is 8.46. The summed E-state index contributed by atoms with van der Waals surface area (Å²) < 4.78 is 26.7. The lowest BCUT2D eigenvalue weighted by atomic mass is 9.84. The van der Waals surface area contributed by atoms with Crippen molar-refractivity contribution in [3.63, 3.8) is 0 Å². The Bertz CT molecular complexity index is 807. The first kappa shape index (κ1) is 16.6. The van der Waals surface area contributed by atoms with Crippen molar-refractivity contribution in [2.75, 3.05) is 5.32 Å². The zero-order valence-electron chi connectivity index (χ0n) is 13.5. The Labute approximate surface area is 148 Å². The number of amides is 1. The van der Waals surface area contributed by atoms with E-state index in [1.807, 2.05) is 0 Å². The maximum Gasteiger partial charge on any atom is 0.231 e. The van der Waals surface area contributed by atoms with Crippen LogP contribution in [-0.2, 0) is 11.2 Å². The van der Waals surface area contributed by atoms with E-state index >= 15 is 0 Å². The van der Waals surface area contributed by atoms with Gasteiger partial charge in [0.05, 0.1) is 5.92 Å². The number of thiazole rings is 1. The Balaban J connectivity index is 1.42. The van der Waals surface area contributed by atoms with E-state index in [1.54, 1.807) is 6.20 Å². The van der Waals surface area contributed by atoms with E-state index in [1.165, 1.54) is 23.5 Å². The number of aromatic nitrogens is 1. The molecule has 0 radical (unpaired) electrons. The molecule has 0 saturated heterocycles. The number of rotatable bonds is 4. The third-order valence-corrected chi connectivity index (χ3v) is 6.36. The summed E-state index contributed by atoms with van der Waals surface area (Å²) in [4.78, 5) is 17.6. The molecule has 132 valence electrons. The third kappa shape index (κ3) is 3.18. The van der Waals surface area contributed by atoms with Crippen molar-refractivity contribution in [1.82, 2.24) is 4.98 Å². The number of nitrogens with one attached hydrogen (secondary N) is 1. The largest absolute Gasteiger partial charge is 0.327 e. The summed E-state index contributed by atoms with van der Waals surface area (Å²) in [6.45, 7) is 0. The predicted octanol–water partition coefficient (Wildman–Crippen LogP) is 3.32. The maximum atomic E-state index is 13.7. The van der Waals surface area contributed by atoms with Crippen LogP contribution in [0, 0.1) is 29.4 Å². The molecule has 2 fully saturated rings. The lowest BCUT2D eigenvalue weighted by molar-refractivity contribution is -0.121. The molecule has 4 nitrogen and oxygen atoms in total. The van der Waals surface area contributed by atoms with Crippen LogP contribution in [-0.4, -0.2) is 16.9 Å². The highest BCUT2D eigenvalue weighted by Crippen LogP contribution is 2.48. The molecule has 2 bridgehead atoms. The van der Waals surface area contributed by atoms with E-state index in [9.17, 15) is 13.6 Å². The Morgan fingerprint density at radius 1 is 1.32 bits per heavy atom. The van der Waals surface area contributed by atoms with Gasteiger partial charge in [0.1, 0.15) is 11.6 Å². The van der Waals surface area contributed by atoms with Crippen molar-refractivity contribution >= 4 is 22.4 Å². The maximum absolute atomic E-state index is 13.7. The zero-order chi connectivity index (χ0) is 17.6. The Kier molecular flexibility index (Phi) is 4.29. The van der Waals surface area contributed by atoms with Crippen molar-refractivity contribution in [3.8, 4) is 0 Å². The predicted molar refractivity (Wildman–Crippen MR) is 92.2 cm³/mol. The van der Waals surface area contributed by atoms with Crippen LogP contribution in [0.15, 0.2) is 24.4 Å². The first-order chi connectivity index (χ1) is 12.0. The van der Waals surface area contributed by atoms with Gasteiger partial charge in [-0.2, -0.15) is 0 Å². The molecule has 1 aromatic carbocycles. The fourth-order valence-corrected chi connectivity index (χ4v) is 5.05. The summed E-state index contributed by atoms with van der Waals surface area (Å²) in [7, 11) is 0. The fourth-order valence-electron chi connectivity index (χ4n) is 4.21. The molecule has 2 aromatic rings. The average molecular weight is 363 g/mol. The van der Waals surface area contributed by atoms with Gasteiger partial charge < -0.3 is 11.1 Å². The molecule has 2 aliphatic rings. The van der Waals surface area contributed by atoms with Gasteiger partial charge >= 0.3 is 0 Å². The van der Waals surface area contributed by atoms with E-state index in [4.69, 9.17) is 5.73 Å². The summed E-state index contributed by atoms with van der Waals surface area (Å²) in [5.41, 5.74) is 6.61. The molecule has 7 heteroatoms. The van der Waals surface area contributed by atoms with Crippen LogP contribution >= 0.6 is 11.3 Å². The van der Waals surface area contributed by atoms with Crippen LogP contribution in [0.25, 0.3) is 0 Å². The molecule has 1 amide bonds. The van der Waals surface area contributed by atoms with Gasteiger partial charge in [0.2, 0.25) is 5.91 Å². The van der Waals surface area contributed by atoms with Gasteiger partial charge in [-0.05, 0) is 42.7 Å². The summed E-state index contributed by atoms with van der Waals surface area (Å²) in [6, 6.07) is 3.47. The van der Waals surface area contributed by atoms with E-state index in [-0.39, 0.29) is 17.9 Å². The van der Waals surface area contributed by atoms with Crippen LogP contribution < -0.4 is 11.1 Å². The van der Waals surface area contributed by atoms with Gasteiger partial charge in [-0.3, -0.25) is 4.79 Å². The smallest absolute Gasteiger partial charge is 0.231 e. The van der Waals surface area contributed by atoms with E-state index in [0.29, 0.717) is 29.0 Å². The third-order valence-electron chi connectivity index (χ3n) is 5.45. The second kappa shape index (κ2) is 6.46. The number of nitrogens with two attached hydrogens (primary N) is 1. The number of hydrogen-bond donors (Lipinski definition) is 2. The summed E-state index contributed by atoms with van der Waals surface area (Å²) >= 11 is 1.30. The number of nitrogens with zero attached hydrogens (tertiary/aromatic N) is 1. The molecule has 1 heterocycles. The van der Waals surface area contributed by atoms with Gasteiger partial charge in [0, 0.05) is 29.6 Å². The van der Waals surface area contributed by atoms with E-state index < -0.39 is 11.6 Å². The molecule has 1 aromatic heterocycles. The van der Waals surface area contributed by atoms with Gasteiger partial charge in [-0.15, -0.1) is 11.3 Å². The molecule has 2 aliphatic carbocycles. The van der Waals surface area contributed by atoms with Gasteiger partial charge in [0.25, 0.3) is 0 Å². The highest BCUT2D eigenvalue weighted by molar-refractivity contribution is 7.15. The number of halogens is 2. The number of benzene rings is 1. The van der Waals surface area contributed by atoms with Crippen LogP contribution in [0.3, 0.4) is 0 Å². The Morgan fingerprint density at radius 3 is 2.84 bits per heavy atom. The van der Waals surface area contributed by atoms with Gasteiger partial charge in [-0.1, -0.05) is 6.07 Å². The van der Waals surface area contributed by atoms with Crippen LogP contribution in [0.5, 0.6) is 0 Å². The normalized spacial score (nSPS) is 27.6. The molecule has 4 unspecified atom stereocenters. The second-order valence-electron chi connectivity index (χ2n) is 6.97. The molecule has 0 spiro atoms. The standard InChI is InChI=1S/C18H19F2N3OS/c19-12-4-3-9(14(20)7-12)6-13-8-22-18(25-13)23-17(24)15-10-1-2-11(5-10)16(15)21/h3-4,7-8,10-11,15-16H,1-2,5-6,21H2,(H,22,23,24). The zero-order valence-corrected chi connectivity index (χ0v) is 14.4. The minimum Gasteiger partial charge on any atom is -0.327 e. The van der Waals surface area contributed by atoms with Gasteiger partial charge in [-0.25, -0.2) is 13.8 Å². The van der Waals surface area contributed by atoms with Gasteiger partial charge in [0.15, 0.2) is 5.13 Å². The van der Waals surface area contributed by atoms with Crippen LogP contribution in [0.1, 0.15) is 29.7 Å². The monoisotopic (exact) mass is 363 g/mol. The first-order valence-corrected chi connectivity index (χ1v) is 9.28. The number of anilines is 1. The Morgan fingerprint density at radius 2 is 2.12 bits per heavy atom. The topological polar surface area (TPSA) is 68.0 Å². The summed E-state index contributed by atoms with van der Waals surface area (Å²) in [5, 5.41) is 3.36. The SMILES string of the molecule is NC1C2CCC(C2)C1C(=O)Nc1ncc(Cc2ccc(F)cc2F)s1. The summed E-state index contributed by atoms with van der Waals surface area (Å²) in [5.74, 6) is -0.524. The number of fused-ring (bicyclic) bond motifs is 2. The average Bonchev–Trinajstić information content (AvgIpc) is 3.26. The van der Waals surface area contributed by atoms with Crippen molar-refractivity contribution in [2.24, 2.45) is 23.5 Å². The lowest BCUT2D eigenvalue weighted by Crippen LogP contribution is -2.42. The molecule has 4 rings (SSSR count). The van der Waals surface area contributed by atoms with Crippen LogP contribution in [0.2, 0.25) is 0 Å². The van der Waals surface area contributed by atoms with E-state index in [2.05, 4.69) is 10.3 Å². The highest BCUT2D eigenvalue weighted by atomic mass is 32.1. The van der Waals surface area contributed by atoms with Crippen molar-refractivity contribution in [3.05, 3.63) is 46.5 Å². The molecule has 0 aliphatic heterocycles.